The molecule has 1 heterocycles. The molecule has 0 unspecified atom stereocenters. The van der Waals surface area contributed by atoms with Gasteiger partial charge in [-0.2, -0.15) is 0 Å². The number of hydrogen-bond acceptors (Lipinski definition) is 5. The second-order valence-corrected chi connectivity index (χ2v) is 7.04. The summed E-state index contributed by atoms with van der Waals surface area (Å²) in [6, 6.07) is 5.95. The van der Waals surface area contributed by atoms with Gasteiger partial charge in [-0.3, -0.25) is 9.59 Å². The number of amides is 2. The standard InChI is InChI=1S/C19H17FN2O4S/c20-13-6-2-1-4-11(13)8-9-16(24)26-10-15(23)22-19-17(18(21)25)12-5-3-7-14(12)27-19/h1-2,4,6,8-9H,3,5,7,10H2,(H2,21,25)(H,22,23). The average Bonchev–Trinajstić information content (AvgIpc) is 3.19. The van der Waals surface area contributed by atoms with Crippen LogP contribution < -0.4 is 11.1 Å². The Morgan fingerprint density at radius 2 is 2.04 bits per heavy atom. The lowest BCUT2D eigenvalue weighted by Crippen LogP contribution is -2.22. The molecule has 3 N–H and O–H groups in total. The van der Waals surface area contributed by atoms with Crippen LogP contribution in [0.2, 0.25) is 0 Å². The first-order chi connectivity index (χ1) is 13.0. The predicted molar refractivity (Wildman–Crippen MR) is 99.9 cm³/mol. The van der Waals surface area contributed by atoms with Crippen LogP contribution in [-0.2, 0) is 27.2 Å². The summed E-state index contributed by atoms with van der Waals surface area (Å²) < 4.78 is 18.3. The van der Waals surface area contributed by atoms with Gasteiger partial charge in [0.1, 0.15) is 10.8 Å². The van der Waals surface area contributed by atoms with Gasteiger partial charge >= 0.3 is 5.97 Å². The zero-order valence-corrected chi connectivity index (χ0v) is 15.1. The number of ether oxygens (including phenoxy) is 1. The Kier molecular flexibility index (Phi) is 5.66. The van der Waals surface area contributed by atoms with Crippen molar-refractivity contribution < 1.29 is 23.5 Å². The molecule has 0 aliphatic heterocycles. The third-order valence-corrected chi connectivity index (χ3v) is 5.28. The number of carbonyl (C=O) groups is 3. The van der Waals surface area contributed by atoms with E-state index in [-0.39, 0.29) is 5.56 Å². The molecule has 0 saturated carbocycles. The normalized spacial score (nSPS) is 12.8. The van der Waals surface area contributed by atoms with E-state index >= 15 is 0 Å². The Labute approximate surface area is 158 Å². The molecular formula is C19H17FN2O4S. The minimum Gasteiger partial charge on any atom is -0.452 e. The average molecular weight is 388 g/mol. The Hall–Kier alpha value is -3.00. The molecule has 2 amide bonds. The Morgan fingerprint density at radius 3 is 2.78 bits per heavy atom. The molecule has 0 atom stereocenters. The summed E-state index contributed by atoms with van der Waals surface area (Å²) in [6.07, 6.45) is 4.88. The van der Waals surface area contributed by atoms with Crippen molar-refractivity contribution in [2.75, 3.05) is 11.9 Å². The topological polar surface area (TPSA) is 98.5 Å². The molecule has 140 valence electrons. The molecule has 6 nitrogen and oxygen atoms in total. The molecule has 8 heteroatoms. The molecule has 1 aromatic heterocycles. The number of anilines is 1. The SMILES string of the molecule is NC(=O)c1c(NC(=O)COC(=O)C=Cc2ccccc2F)sc2c1CCC2. The third-order valence-electron chi connectivity index (χ3n) is 4.07. The van der Waals surface area contributed by atoms with Gasteiger partial charge in [0.25, 0.3) is 11.8 Å². The van der Waals surface area contributed by atoms with E-state index in [1.54, 1.807) is 6.07 Å². The Balaban J connectivity index is 1.57. The minimum absolute atomic E-state index is 0.234. The van der Waals surface area contributed by atoms with Gasteiger partial charge < -0.3 is 15.8 Å². The molecule has 0 spiro atoms. The highest BCUT2D eigenvalue weighted by molar-refractivity contribution is 7.17. The van der Waals surface area contributed by atoms with Crippen LogP contribution >= 0.6 is 11.3 Å². The number of rotatable bonds is 6. The number of hydrogen-bond donors (Lipinski definition) is 2. The van der Waals surface area contributed by atoms with E-state index in [0.29, 0.717) is 10.6 Å². The molecule has 1 aromatic carbocycles. The fourth-order valence-corrected chi connectivity index (χ4v) is 4.18. The highest BCUT2D eigenvalue weighted by Crippen LogP contribution is 2.38. The van der Waals surface area contributed by atoms with Gasteiger partial charge in [0.2, 0.25) is 0 Å². The van der Waals surface area contributed by atoms with Crippen molar-refractivity contribution in [3.8, 4) is 0 Å². The number of primary amides is 1. The van der Waals surface area contributed by atoms with E-state index in [2.05, 4.69) is 5.32 Å². The molecule has 0 fully saturated rings. The van der Waals surface area contributed by atoms with Gasteiger partial charge in [-0.25, -0.2) is 9.18 Å². The molecule has 1 aliphatic carbocycles. The Morgan fingerprint density at radius 1 is 1.26 bits per heavy atom. The predicted octanol–water partition coefficient (Wildman–Crippen LogP) is 2.67. The lowest BCUT2D eigenvalue weighted by atomic mass is 10.1. The maximum atomic E-state index is 13.5. The van der Waals surface area contributed by atoms with Crippen molar-refractivity contribution in [2.45, 2.75) is 19.3 Å². The van der Waals surface area contributed by atoms with E-state index in [4.69, 9.17) is 10.5 Å². The van der Waals surface area contributed by atoms with Crippen molar-refractivity contribution in [1.29, 1.82) is 0 Å². The molecule has 1 aliphatic rings. The highest BCUT2D eigenvalue weighted by atomic mass is 32.1. The van der Waals surface area contributed by atoms with Crippen LogP contribution in [-0.4, -0.2) is 24.4 Å². The largest absolute Gasteiger partial charge is 0.452 e. The fourth-order valence-electron chi connectivity index (χ4n) is 2.87. The summed E-state index contributed by atoms with van der Waals surface area (Å²) in [5.41, 5.74) is 6.90. The lowest BCUT2D eigenvalue weighted by molar-refractivity contribution is -0.142. The zero-order chi connectivity index (χ0) is 19.4. The number of esters is 1. The molecular weight excluding hydrogens is 371 g/mol. The zero-order valence-electron chi connectivity index (χ0n) is 14.3. The smallest absolute Gasteiger partial charge is 0.331 e. The monoisotopic (exact) mass is 388 g/mol. The van der Waals surface area contributed by atoms with Crippen LogP contribution in [0.3, 0.4) is 0 Å². The summed E-state index contributed by atoms with van der Waals surface area (Å²) in [6.45, 7) is -0.527. The first-order valence-electron chi connectivity index (χ1n) is 8.29. The van der Waals surface area contributed by atoms with E-state index in [0.717, 1.165) is 35.8 Å². The summed E-state index contributed by atoms with van der Waals surface area (Å²) >= 11 is 1.32. The second-order valence-electron chi connectivity index (χ2n) is 5.94. The van der Waals surface area contributed by atoms with Crippen LogP contribution in [0.15, 0.2) is 30.3 Å². The number of nitrogens with one attached hydrogen (secondary N) is 1. The van der Waals surface area contributed by atoms with Crippen LogP contribution in [0.5, 0.6) is 0 Å². The van der Waals surface area contributed by atoms with Crippen LogP contribution in [0.4, 0.5) is 9.39 Å². The number of nitrogens with two attached hydrogens (primary N) is 1. The maximum absolute atomic E-state index is 13.5. The lowest BCUT2D eigenvalue weighted by Gasteiger charge is -2.06. The maximum Gasteiger partial charge on any atom is 0.331 e. The highest BCUT2D eigenvalue weighted by Gasteiger charge is 2.26. The quantitative estimate of drug-likeness (QED) is 0.587. The summed E-state index contributed by atoms with van der Waals surface area (Å²) in [5.74, 6) is -2.42. The van der Waals surface area contributed by atoms with Crippen molar-refractivity contribution in [1.82, 2.24) is 0 Å². The van der Waals surface area contributed by atoms with Crippen molar-refractivity contribution >= 4 is 40.2 Å². The number of thiophene rings is 1. The molecule has 27 heavy (non-hydrogen) atoms. The molecule has 0 bridgehead atoms. The van der Waals surface area contributed by atoms with Crippen LogP contribution in [0, 0.1) is 5.82 Å². The van der Waals surface area contributed by atoms with Gasteiger partial charge in [-0.1, -0.05) is 18.2 Å². The summed E-state index contributed by atoms with van der Waals surface area (Å²) in [5, 5.41) is 2.96. The first-order valence-corrected chi connectivity index (χ1v) is 9.11. The van der Waals surface area contributed by atoms with Crippen LogP contribution in [0.1, 0.15) is 32.8 Å². The number of carbonyl (C=O) groups excluding carboxylic acids is 3. The minimum atomic E-state index is -0.780. The molecule has 0 saturated heterocycles. The molecule has 3 rings (SSSR count). The van der Waals surface area contributed by atoms with E-state index in [1.807, 2.05) is 0 Å². The fraction of sp³-hybridized carbons (Fsp3) is 0.211. The molecule has 2 aromatic rings. The van der Waals surface area contributed by atoms with Gasteiger partial charge in [-0.15, -0.1) is 11.3 Å². The second kappa shape index (κ2) is 8.13. The van der Waals surface area contributed by atoms with Gasteiger partial charge in [0.15, 0.2) is 6.61 Å². The first kappa shape index (κ1) is 18.8. The van der Waals surface area contributed by atoms with Crippen molar-refractivity contribution in [3.05, 3.63) is 57.7 Å². The van der Waals surface area contributed by atoms with Gasteiger partial charge in [0, 0.05) is 16.5 Å². The Bertz CT molecular complexity index is 936. The van der Waals surface area contributed by atoms with Crippen molar-refractivity contribution in [3.63, 3.8) is 0 Å². The number of benzene rings is 1. The van der Waals surface area contributed by atoms with E-state index in [9.17, 15) is 18.8 Å². The van der Waals surface area contributed by atoms with Crippen molar-refractivity contribution in [2.24, 2.45) is 5.73 Å². The summed E-state index contributed by atoms with van der Waals surface area (Å²) in [4.78, 5) is 36.5. The van der Waals surface area contributed by atoms with E-state index in [1.165, 1.54) is 35.6 Å². The number of fused-ring (bicyclic) bond motifs is 1. The number of aryl methyl sites for hydroxylation is 1. The number of halogens is 1. The van der Waals surface area contributed by atoms with Crippen LogP contribution in [0.25, 0.3) is 6.08 Å². The van der Waals surface area contributed by atoms with Gasteiger partial charge in [0.05, 0.1) is 5.56 Å². The van der Waals surface area contributed by atoms with E-state index < -0.39 is 30.2 Å². The molecule has 0 radical (unpaired) electrons. The van der Waals surface area contributed by atoms with Gasteiger partial charge in [-0.05, 0) is 37.0 Å². The summed E-state index contributed by atoms with van der Waals surface area (Å²) in [7, 11) is 0. The third kappa shape index (κ3) is 4.40.